The summed E-state index contributed by atoms with van der Waals surface area (Å²) in [6.07, 6.45) is -0.984. The number of rotatable bonds is 2. The number of halogens is 1. The average Bonchev–Trinajstić information content (AvgIpc) is 2.23. The maximum Gasteiger partial charge on any atom is 0.149 e. The smallest absolute Gasteiger partial charge is 0.149 e. The number of nitrogens with one attached hydrogen (secondary N) is 1. The molecule has 14 heavy (non-hydrogen) atoms. The van der Waals surface area contributed by atoms with Crippen LogP contribution in [0.2, 0.25) is 0 Å². The van der Waals surface area contributed by atoms with Gasteiger partial charge in [0.15, 0.2) is 0 Å². The number of hydrogen-bond acceptors (Lipinski definition) is 2. The normalized spacial score (nSPS) is 25.9. The summed E-state index contributed by atoms with van der Waals surface area (Å²) in [7, 11) is 1.87. The molecular formula is C11H14FNO. The molecule has 2 nitrogen and oxygen atoms in total. The largest absolute Gasteiger partial charge is 0.369 e. The van der Waals surface area contributed by atoms with Crippen molar-refractivity contribution < 1.29 is 9.13 Å². The van der Waals surface area contributed by atoms with E-state index in [2.05, 4.69) is 5.32 Å². The summed E-state index contributed by atoms with van der Waals surface area (Å²) in [5.41, 5.74) is 1.75. The molecule has 1 aliphatic heterocycles. The average molecular weight is 195 g/mol. The summed E-state index contributed by atoms with van der Waals surface area (Å²) in [6, 6.07) is 7.56. The van der Waals surface area contributed by atoms with E-state index in [1.165, 1.54) is 0 Å². The molecule has 3 heteroatoms. The first-order chi connectivity index (χ1) is 6.83. The molecule has 1 aliphatic rings. The van der Waals surface area contributed by atoms with Crippen LogP contribution in [0.4, 0.5) is 4.39 Å². The van der Waals surface area contributed by atoms with Gasteiger partial charge in [0.2, 0.25) is 0 Å². The molecular weight excluding hydrogens is 181 g/mol. The lowest BCUT2D eigenvalue weighted by Crippen LogP contribution is -2.26. The van der Waals surface area contributed by atoms with E-state index in [4.69, 9.17) is 4.74 Å². The van der Waals surface area contributed by atoms with E-state index in [0.29, 0.717) is 0 Å². The van der Waals surface area contributed by atoms with Crippen molar-refractivity contribution in [1.29, 1.82) is 0 Å². The second kappa shape index (κ2) is 4.07. The van der Waals surface area contributed by atoms with Crippen LogP contribution >= 0.6 is 0 Å². The van der Waals surface area contributed by atoms with Gasteiger partial charge in [-0.25, -0.2) is 4.39 Å². The zero-order valence-corrected chi connectivity index (χ0v) is 8.16. The molecule has 0 fully saturated rings. The third-order valence-corrected chi connectivity index (χ3v) is 2.51. The second-order valence-corrected chi connectivity index (χ2v) is 3.48. The lowest BCUT2D eigenvalue weighted by atomic mass is 9.96. The Labute approximate surface area is 83.1 Å². The summed E-state index contributed by atoms with van der Waals surface area (Å²) in [5.74, 6) is 0. The van der Waals surface area contributed by atoms with Gasteiger partial charge in [-0.2, -0.15) is 0 Å². The molecule has 1 heterocycles. The molecule has 1 aromatic carbocycles. The Kier molecular flexibility index (Phi) is 2.79. The number of alkyl halides is 1. The van der Waals surface area contributed by atoms with Crippen LogP contribution in [0.1, 0.15) is 23.4 Å². The molecule has 0 unspecified atom stereocenters. The topological polar surface area (TPSA) is 21.3 Å². The first-order valence-electron chi connectivity index (χ1n) is 4.82. The number of likely N-dealkylation sites (N-methyl/N-ethyl adjacent to an activating group) is 1. The monoisotopic (exact) mass is 195 g/mol. The third kappa shape index (κ3) is 1.65. The van der Waals surface area contributed by atoms with Gasteiger partial charge in [0.05, 0.1) is 12.7 Å². The standard InChI is InChI=1S/C11H14FNO/c1-13-6-11-9-5-3-2-4-8(9)10(12)7-14-11/h2-5,10-11,13H,6-7H2,1H3/t10-,11-/m0/s1. The molecule has 1 aromatic rings. The Hall–Kier alpha value is -0.930. The zero-order valence-electron chi connectivity index (χ0n) is 8.16. The molecule has 0 amide bonds. The van der Waals surface area contributed by atoms with Gasteiger partial charge in [0.25, 0.3) is 0 Å². The van der Waals surface area contributed by atoms with Gasteiger partial charge in [-0.1, -0.05) is 24.3 Å². The highest BCUT2D eigenvalue weighted by atomic mass is 19.1. The summed E-state index contributed by atoms with van der Waals surface area (Å²) < 4.78 is 18.9. The summed E-state index contributed by atoms with van der Waals surface area (Å²) >= 11 is 0. The van der Waals surface area contributed by atoms with Crippen molar-refractivity contribution in [1.82, 2.24) is 5.32 Å². The van der Waals surface area contributed by atoms with Gasteiger partial charge in [-0.05, 0) is 18.2 Å². The van der Waals surface area contributed by atoms with E-state index in [9.17, 15) is 4.39 Å². The molecule has 0 bridgehead atoms. The lowest BCUT2D eigenvalue weighted by molar-refractivity contribution is 0.000545. The minimum absolute atomic E-state index is 0.0109. The second-order valence-electron chi connectivity index (χ2n) is 3.48. The molecule has 0 spiro atoms. The first kappa shape index (κ1) is 9.62. The van der Waals surface area contributed by atoms with Crippen molar-refractivity contribution in [3.8, 4) is 0 Å². The van der Waals surface area contributed by atoms with Gasteiger partial charge in [0.1, 0.15) is 6.17 Å². The van der Waals surface area contributed by atoms with Crippen molar-refractivity contribution in [3.05, 3.63) is 35.4 Å². The highest BCUT2D eigenvalue weighted by Crippen LogP contribution is 2.33. The summed E-state index contributed by atoms with van der Waals surface area (Å²) in [5, 5.41) is 3.05. The summed E-state index contributed by atoms with van der Waals surface area (Å²) in [6.45, 7) is 0.896. The van der Waals surface area contributed by atoms with Crippen molar-refractivity contribution in [3.63, 3.8) is 0 Å². The van der Waals surface area contributed by atoms with Crippen LogP contribution in [0.25, 0.3) is 0 Å². The van der Waals surface area contributed by atoms with Crippen LogP contribution in [-0.4, -0.2) is 20.2 Å². The van der Waals surface area contributed by atoms with Crippen molar-refractivity contribution in [2.24, 2.45) is 0 Å². The van der Waals surface area contributed by atoms with Crippen molar-refractivity contribution in [2.45, 2.75) is 12.3 Å². The van der Waals surface area contributed by atoms with Crippen LogP contribution in [0.15, 0.2) is 24.3 Å². The van der Waals surface area contributed by atoms with Crippen LogP contribution in [0.5, 0.6) is 0 Å². The fraction of sp³-hybridized carbons (Fsp3) is 0.455. The number of benzene rings is 1. The highest BCUT2D eigenvalue weighted by molar-refractivity contribution is 5.33. The Morgan fingerprint density at radius 1 is 1.43 bits per heavy atom. The predicted molar refractivity (Wildman–Crippen MR) is 52.9 cm³/mol. The minimum Gasteiger partial charge on any atom is -0.369 e. The van der Waals surface area contributed by atoms with Crippen LogP contribution in [0, 0.1) is 0 Å². The Bertz CT molecular complexity index is 316. The number of ether oxygens (including phenoxy) is 1. The SMILES string of the molecule is CNC[C@@H]1OC[C@H](F)c2ccccc21. The fourth-order valence-electron chi connectivity index (χ4n) is 1.82. The van der Waals surface area contributed by atoms with E-state index < -0.39 is 6.17 Å². The first-order valence-corrected chi connectivity index (χ1v) is 4.82. The van der Waals surface area contributed by atoms with E-state index in [-0.39, 0.29) is 12.7 Å². The van der Waals surface area contributed by atoms with Crippen molar-refractivity contribution in [2.75, 3.05) is 20.2 Å². The Morgan fingerprint density at radius 3 is 2.86 bits per heavy atom. The fourth-order valence-corrected chi connectivity index (χ4v) is 1.82. The molecule has 2 atom stereocenters. The van der Waals surface area contributed by atoms with Gasteiger partial charge >= 0.3 is 0 Å². The van der Waals surface area contributed by atoms with E-state index in [1.807, 2.05) is 31.3 Å². The molecule has 76 valence electrons. The molecule has 0 aliphatic carbocycles. The maximum absolute atomic E-state index is 13.4. The number of fused-ring (bicyclic) bond motifs is 1. The number of hydrogen-bond donors (Lipinski definition) is 1. The predicted octanol–water partition coefficient (Wildman–Crippen LogP) is 1.99. The van der Waals surface area contributed by atoms with Gasteiger partial charge in [-0.15, -0.1) is 0 Å². The van der Waals surface area contributed by atoms with Crippen LogP contribution in [0.3, 0.4) is 0 Å². The molecule has 0 saturated carbocycles. The van der Waals surface area contributed by atoms with E-state index >= 15 is 0 Å². The van der Waals surface area contributed by atoms with Crippen molar-refractivity contribution >= 4 is 0 Å². The molecule has 0 saturated heterocycles. The molecule has 0 aromatic heterocycles. The van der Waals surface area contributed by atoms with Gasteiger partial charge < -0.3 is 10.1 Å². The van der Waals surface area contributed by atoms with E-state index in [1.54, 1.807) is 0 Å². The van der Waals surface area contributed by atoms with Crippen LogP contribution < -0.4 is 5.32 Å². The maximum atomic E-state index is 13.4. The van der Waals surface area contributed by atoms with E-state index in [0.717, 1.165) is 17.7 Å². The van der Waals surface area contributed by atoms with Crippen LogP contribution in [-0.2, 0) is 4.74 Å². The van der Waals surface area contributed by atoms with Gasteiger partial charge in [0, 0.05) is 6.54 Å². The Balaban J connectivity index is 2.31. The lowest BCUT2D eigenvalue weighted by Gasteiger charge is -2.28. The molecule has 1 N–H and O–H groups in total. The Morgan fingerprint density at radius 2 is 2.14 bits per heavy atom. The third-order valence-electron chi connectivity index (χ3n) is 2.51. The molecule has 2 rings (SSSR count). The van der Waals surface area contributed by atoms with Gasteiger partial charge in [-0.3, -0.25) is 0 Å². The quantitative estimate of drug-likeness (QED) is 0.779. The molecule has 0 radical (unpaired) electrons. The minimum atomic E-state index is -0.973. The zero-order chi connectivity index (χ0) is 9.97. The highest BCUT2D eigenvalue weighted by Gasteiger charge is 2.26. The summed E-state index contributed by atoms with van der Waals surface area (Å²) in [4.78, 5) is 0.